The Hall–Kier alpha value is -0.0900. The molecule has 0 saturated carbocycles. The van der Waals surface area contributed by atoms with E-state index in [-0.39, 0.29) is 23.1 Å². The quantitative estimate of drug-likeness (QED) is 0.390. The van der Waals surface area contributed by atoms with Gasteiger partial charge in [-0.1, -0.05) is 0 Å². The van der Waals surface area contributed by atoms with Gasteiger partial charge in [0.1, 0.15) is 0 Å². The highest BCUT2D eigenvalue weighted by molar-refractivity contribution is 5.60. The maximum absolute atomic E-state index is 8.89. The van der Waals surface area contributed by atoms with Gasteiger partial charge < -0.3 is 33.0 Å². The number of carbonyl (C=O) groups is 1. The fourth-order valence-electron chi connectivity index (χ4n) is 0. The largest absolute Gasteiger partial charge is 1.00 e. The van der Waals surface area contributed by atoms with Crippen molar-refractivity contribution in [3.63, 3.8) is 0 Å². The lowest BCUT2D eigenvalue weighted by molar-refractivity contribution is -0.302. The second-order valence-electron chi connectivity index (χ2n) is 0.492. The summed E-state index contributed by atoms with van der Waals surface area (Å²) in [6.07, 6.45) is 0. The van der Waals surface area contributed by atoms with Crippen LogP contribution >= 0.6 is 0 Å². The molecule has 0 aromatic rings. The third kappa shape index (κ3) is 4090. The van der Waals surface area contributed by atoms with Crippen molar-refractivity contribution in [2.45, 2.75) is 6.92 Å². The van der Waals surface area contributed by atoms with Crippen LogP contribution in [0.4, 0.5) is 0 Å². The number of rotatable bonds is 0. The van der Waals surface area contributed by atoms with Gasteiger partial charge in [-0.2, -0.15) is 0 Å². The summed E-state index contributed by atoms with van der Waals surface area (Å²) >= 11 is 0. The summed E-state index contributed by atoms with van der Waals surface area (Å²) in [4.78, 5) is 8.89. The van der Waals surface area contributed by atoms with Crippen molar-refractivity contribution >= 4 is 5.97 Å². The topological polar surface area (TPSA) is 76.6 Å². The normalized spacial score (nSPS) is 4.17. The first kappa shape index (κ1) is 16.8. The van der Waals surface area contributed by atoms with Crippen molar-refractivity contribution < 1.29 is 26.9 Å². The maximum Gasteiger partial charge on any atom is 0.0383 e. The SMILES string of the molecule is CC(=O)[O-].[Br-].[NH4+]. The molecule has 3 nitrogen and oxygen atoms in total. The summed E-state index contributed by atoms with van der Waals surface area (Å²) < 4.78 is 0. The van der Waals surface area contributed by atoms with Gasteiger partial charge in [0.25, 0.3) is 0 Å². The molecule has 0 aliphatic rings. The average molecular weight is 157 g/mol. The van der Waals surface area contributed by atoms with E-state index in [1.54, 1.807) is 0 Å². The van der Waals surface area contributed by atoms with Crippen LogP contribution in [0.2, 0.25) is 0 Å². The van der Waals surface area contributed by atoms with Gasteiger partial charge in [-0.25, -0.2) is 0 Å². The highest BCUT2D eigenvalue weighted by atomic mass is 79.9. The molecule has 0 spiro atoms. The van der Waals surface area contributed by atoms with Crippen molar-refractivity contribution in [2.24, 2.45) is 0 Å². The number of carbonyl (C=O) groups excluding carboxylic acids is 1. The molecule has 0 aromatic carbocycles. The summed E-state index contributed by atoms with van der Waals surface area (Å²) in [5.74, 6) is -1.08. The molecular formula is C2H7BrNO2-. The minimum Gasteiger partial charge on any atom is -1.00 e. The molecule has 0 radical (unpaired) electrons. The van der Waals surface area contributed by atoms with Crippen molar-refractivity contribution in [1.82, 2.24) is 6.15 Å². The fourth-order valence-corrected chi connectivity index (χ4v) is 0. The number of carboxylic acids is 1. The van der Waals surface area contributed by atoms with Crippen LogP contribution in [-0.2, 0) is 4.79 Å². The van der Waals surface area contributed by atoms with E-state index in [0.29, 0.717) is 0 Å². The van der Waals surface area contributed by atoms with Crippen molar-refractivity contribution in [3.05, 3.63) is 0 Å². The lowest BCUT2D eigenvalue weighted by Gasteiger charge is -1.77. The van der Waals surface area contributed by atoms with Crippen molar-refractivity contribution in [3.8, 4) is 0 Å². The van der Waals surface area contributed by atoms with Crippen LogP contribution < -0.4 is 28.2 Å². The third-order valence-corrected chi connectivity index (χ3v) is 0. The summed E-state index contributed by atoms with van der Waals surface area (Å²) in [5, 5.41) is 8.89. The van der Waals surface area contributed by atoms with Gasteiger partial charge in [0.2, 0.25) is 0 Å². The first-order valence-electron chi connectivity index (χ1n) is 0.908. The van der Waals surface area contributed by atoms with Gasteiger partial charge in [0, 0.05) is 5.97 Å². The predicted molar refractivity (Wildman–Crippen MR) is 16.7 cm³/mol. The Bertz CT molecular complexity index is 34.5. The zero-order chi connectivity index (χ0) is 3.58. The monoisotopic (exact) mass is 156 g/mol. The van der Waals surface area contributed by atoms with E-state index in [9.17, 15) is 0 Å². The zero-order valence-electron chi connectivity index (χ0n) is 3.69. The van der Waals surface area contributed by atoms with E-state index >= 15 is 0 Å². The first-order chi connectivity index (χ1) is 1.73. The van der Waals surface area contributed by atoms with Crippen LogP contribution in [0, 0.1) is 0 Å². The number of carboxylic acid groups (broad SMARTS) is 1. The van der Waals surface area contributed by atoms with Gasteiger partial charge in [-0.3, -0.25) is 0 Å². The molecule has 6 heavy (non-hydrogen) atoms. The Balaban J connectivity index is -0.0000000450. The molecule has 4 heteroatoms. The van der Waals surface area contributed by atoms with Gasteiger partial charge >= 0.3 is 0 Å². The fraction of sp³-hybridized carbons (Fsp3) is 0.500. The number of halogens is 1. The minimum absolute atomic E-state index is 0. The summed E-state index contributed by atoms with van der Waals surface area (Å²) in [7, 11) is 0. The van der Waals surface area contributed by atoms with Crippen molar-refractivity contribution in [1.29, 1.82) is 0 Å². The van der Waals surface area contributed by atoms with Crippen LogP contribution in [0.15, 0.2) is 0 Å². The minimum atomic E-state index is -1.08. The van der Waals surface area contributed by atoms with Crippen LogP contribution in [-0.4, -0.2) is 5.97 Å². The Morgan fingerprint density at radius 3 is 1.67 bits per heavy atom. The highest BCUT2D eigenvalue weighted by Crippen LogP contribution is 1.31. The van der Waals surface area contributed by atoms with Crippen LogP contribution in [0.3, 0.4) is 0 Å². The van der Waals surface area contributed by atoms with Crippen LogP contribution in [0.25, 0.3) is 0 Å². The molecule has 0 unspecified atom stereocenters. The van der Waals surface area contributed by atoms with E-state index < -0.39 is 5.97 Å². The molecule has 0 bridgehead atoms. The molecule has 4 N–H and O–H groups in total. The maximum atomic E-state index is 8.89. The van der Waals surface area contributed by atoms with Gasteiger partial charge in [0.15, 0.2) is 0 Å². The summed E-state index contributed by atoms with van der Waals surface area (Å²) in [6.45, 7) is 0.972. The van der Waals surface area contributed by atoms with E-state index in [4.69, 9.17) is 9.90 Å². The molecular weight excluding hydrogens is 150 g/mol. The second kappa shape index (κ2) is 8.86. The Morgan fingerprint density at radius 2 is 1.67 bits per heavy atom. The highest BCUT2D eigenvalue weighted by Gasteiger charge is 1.46. The van der Waals surface area contributed by atoms with E-state index in [1.165, 1.54) is 0 Å². The second-order valence-corrected chi connectivity index (χ2v) is 0.492. The Labute approximate surface area is 46.7 Å². The zero-order valence-corrected chi connectivity index (χ0v) is 5.28. The van der Waals surface area contributed by atoms with Crippen LogP contribution in [0.1, 0.15) is 6.92 Å². The Morgan fingerprint density at radius 1 is 1.67 bits per heavy atom. The molecule has 0 amide bonds. The lowest BCUT2D eigenvalue weighted by atomic mass is 10.9. The van der Waals surface area contributed by atoms with Crippen molar-refractivity contribution in [2.75, 3.05) is 0 Å². The molecule has 40 valence electrons. The van der Waals surface area contributed by atoms with E-state index in [0.717, 1.165) is 6.92 Å². The molecule has 0 heterocycles. The summed E-state index contributed by atoms with van der Waals surface area (Å²) in [6, 6.07) is 0. The molecule has 0 rings (SSSR count). The lowest BCUT2D eigenvalue weighted by Crippen LogP contribution is -3.00. The predicted octanol–water partition coefficient (Wildman–Crippen LogP) is -3.86. The number of aliphatic carboxylic acids is 1. The number of quaternary nitrogens is 1. The standard InChI is InChI=1S/C2H4O2.BrH.H3N/c1-2(3)4;;/h1H3,(H,3,4);1H;1H3/p-1. The molecule has 0 atom stereocenters. The van der Waals surface area contributed by atoms with Gasteiger partial charge in [-0.15, -0.1) is 0 Å². The van der Waals surface area contributed by atoms with E-state index in [1.807, 2.05) is 0 Å². The average Bonchev–Trinajstić information content (AvgIpc) is 0.811. The van der Waals surface area contributed by atoms with Crippen LogP contribution in [0.5, 0.6) is 0 Å². The number of hydrogen-bond donors (Lipinski definition) is 1. The molecule has 0 aromatic heterocycles. The van der Waals surface area contributed by atoms with Gasteiger partial charge in [0.05, 0.1) is 0 Å². The first-order valence-corrected chi connectivity index (χ1v) is 0.908. The molecule has 0 aliphatic carbocycles. The number of hydrogen-bond acceptors (Lipinski definition) is 2. The van der Waals surface area contributed by atoms with E-state index in [2.05, 4.69) is 0 Å². The van der Waals surface area contributed by atoms with Gasteiger partial charge in [-0.05, 0) is 6.92 Å². The smallest absolute Gasteiger partial charge is 0.0383 e. The molecule has 0 aliphatic heterocycles. The molecule has 0 fully saturated rings. The summed E-state index contributed by atoms with van der Waals surface area (Å²) in [5.41, 5.74) is 0. The third-order valence-electron chi connectivity index (χ3n) is 0. The Kier molecular flexibility index (Phi) is 24.9. The molecule has 0 saturated heterocycles.